The molecular weight excluding hydrogens is 979 g/mol. The van der Waals surface area contributed by atoms with Crippen molar-refractivity contribution in [2.45, 2.75) is 301 Å². The average Bonchev–Trinajstić information content (AvgIpc) is 3.44. The van der Waals surface area contributed by atoms with E-state index < -0.39 is 67.4 Å². The standard InChI is InChI=1S/C67H115NO10/c1-4-7-10-13-16-19-22-25-27-28-29-30-31-32-33-35-36-39-42-45-48-51-54-60(71)66(75)68-58(59(70)53-50-47-44-41-38-24-21-18-15-12-9-6-3)57-76-67-65(64(74)63(73)61(56-69)77-67)78-62(72)55-52-49-46-43-40-37-34-26-23-20-17-14-11-8-5-2/h7,10,16-17,19-20,23,25-27,29-30,32-33,50,53,58-61,63-65,67,69-71,73-74H,4-6,8-9,11-15,18,21-22,24,28,31,34-49,51-52,54-57H2,1-3H3,(H,68,75)/b10-7-,19-16-,20-17+,26-23+,27-25-,30-29-,33-32-,53-50+. The minimum absolute atomic E-state index is 0.105. The van der Waals surface area contributed by atoms with Crippen molar-refractivity contribution in [2.75, 3.05) is 13.2 Å². The number of carbonyl (C=O) groups excluding carboxylic acids is 2. The van der Waals surface area contributed by atoms with Gasteiger partial charge in [0.15, 0.2) is 12.4 Å². The van der Waals surface area contributed by atoms with Gasteiger partial charge in [-0.05, 0) is 96.3 Å². The van der Waals surface area contributed by atoms with Crippen molar-refractivity contribution in [1.82, 2.24) is 5.32 Å². The fourth-order valence-corrected chi connectivity index (χ4v) is 9.26. The molecule has 78 heavy (non-hydrogen) atoms. The summed E-state index contributed by atoms with van der Waals surface area (Å²) in [5, 5.41) is 57.0. The van der Waals surface area contributed by atoms with Crippen LogP contribution in [0.4, 0.5) is 0 Å². The van der Waals surface area contributed by atoms with Crippen molar-refractivity contribution in [3.05, 3.63) is 97.2 Å². The molecule has 1 saturated heterocycles. The van der Waals surface area contributed by atoms with E-state index in [2.05, 4.69) is 111 Å². The third kappa shape index (κ3) is 41.6. The molecule has 8 unspecified atom stereocenters. The number of ether oxygens (including phenoxy) is 3. The number of rotatable bonds is 52. The Morgan fingerprint density at radius 3 is 1.49 bits per heavy atom. The number of allylic oxidation sites excluding steroid dienone is 15. The molecule has 11 nitrogen and oxygen atoms in total. The SMILES string of the molecule is CC/C=C\C/C=C\C/C=C\C/C=C\C/C=C\CCCCCCCCC(O)C(=O)NC(COC1OC(CO)C(O)C(O)C1OC(=O)CCCCCCCC/C=C/C=C/CCCCC)C(O)/C=C/CCCCCCCCCCCC. The van der Waals surface area contributed by atoms with Gasteiger partial charge in [-0.3, -0.25) is 9.59 Å². The lowest BCUT2D eigenvalue weighted by Crippen LogP contribution is -2.61. The lowest BCUT2D eigenvalue weighted by atomic mass is 9.99. The number of hydrogen-bond donors (Lipinski definition) is 6. The number of aliphatic hydroxyl groups excluding tert-OH is 5. The van der Waals surface area contributed by atoms with Gasteiger partial charge in [0.2, 0.25) is 5.91 Å². The highest BCUT2D eigenvalue weighted by Crippen LogP contribution is 2.26. The molecule has 1 amide bonds. The normalized spacial score (nSPS) is 19.6. The zero-order valence-electron chi connectivity index (χ0n) is 49.5. The average molecular weight is 1090 g/mol. The summed E-state index contributed by atoms with van der Waals surface area (Å²) < 4.78 is 17.6. The zero-order chi connectivity index (χ0) is 56.8. The van der Waals surface area contributed by atoms with Gasteiger partial charge in [0.05, 0.1) is 25.4 Å². The Morgan fingerprint density at radius 1 is 0.526 bits per heavy atom. The van der Waals surface area contributed by atoms with Crippen LogP contribution < -0.4 is 5.32 Å². The Balaban J connectivity index is 2.68. The number of carbonyl (C=O) groups is 2. The molecule has 1 aliphatic heterocycles. The summed E-state index contributed by atoms with van der Waals surface area (Å²) in [7, 11) is 0. The van der Waals surface area contributed by atoms with E-state index in [9.17, 15) is 35.1 Å². The summed E-state index contributed by atoms with van der Waals surface area (Å²) >= 11 is 0. The summed E-state index contributed by atoms with van der Waals surface area (Å²) in [5.41, 5.74) is 0. The van der Waals surface area contributed by atoms with Crippen molar-refractivity contribution in [3.63, 3.8) is 0 Å². The predicted octanol–water partition coefficient (Wildman–Crippen LogP) is 15.1. The molecule has 1 rings (SSSR count). The maximum atomic E-state index is 13.4. The monoisotopic (exact) mass is 1090 g/mol. The second-order valence-electron chi connectivity index (χ2n) is 21.4. The van der Waals surface area contributed by atoms with E-state index >= 15 is 0 Å². The number of unbranched alkanes of at least 4 members (excludes halogenated alkanes) is 25. The molecule has 0 saturated carbocycles. The molecule has 0 bridgehead atoms. The molecule has 6 N–H and O–H groups in total. The zero-order valence-corrected chi connectivity index (χ0v) is 49.5. The molecule has 1 fully saturated rings. The molecule has 1 heterocycles. The summed E-state index contributed by atoms with van der Waals surface area (Å²) in [6.45, 7) is 5.62. The van der Waals surface area contributed by atoms with E-state index in [1.54, 1.807) is 6.08 Å². The highest BCUT2D eigenvalue weighted by atomic mass is 16.7. The largest absolute Gasteiger partial charge is 0.454 e. The summed E-state index contributed by atoms with van der Waals surface area (Å²) in [4.78, 5) is 26.5. The second kappa shape index (κ2) is 54.2. The summed E-state index contributed by atoms with van der Waals surface area (Å²) in [6.07, 6.45) is 61.5. The first kappa shape index (κ1) is 72.6. The van der Waals surface area contributed by atoms with Crippen molar-refractivity contribution in [3.8, 4) is 0 Å². The molecule has 448 valence electrons. The minimum Gasteiger partial charge on any atom is -0.454 e. The van der Waals surface area contributed by atoms with E-state index in [0.717, 1.165) is 135 Å². The molecular formula is C67H115NO10. The fourth-order valence-electron chi connectivity index (χ4n) is 9.26. The van der Waals surface area contributed by atoms with E-state index in [1.807, 2.05) is 6.08 Å². The van der Waals surface area contributed by atoms with Crippen molar-refractivity contribution in [2.24, 2.45) is 0 Å². The van der Waals surface area contributed by atoms with Crippen LogP contribution >= 0.6 is 0 Å². The molecule has 0 aromatic carbocycles. The van der Waals surface area contributed by atoms with Gasteiger partial charge in [0, 0.05) is 6.42 Å². The second-order valence-corrected chi connectivity index (χ2v) is 21.4. The molecule has 0 aromatic heterocycles. The van der Waals surface area contributed by atoms with Gasteiger partial charge >= 0.3 is 5.97 Å². The van der Waals surface area contributed by atoms with Crippen LogP contribution in [0.2, 0.25) is 0 Å². The van der Waals surface area contributed by atoms with Crippen LogP contribution in [0.15, 0.2) is 97.2 Å². The number of esters is 1. The van der Waals surface area contributed by atoms with Crippen LogP contribution in [-0.2, 0) is 23.8 Å². The van der Waals surface area contributed by atoms with Crippen LogP contribution in [0.1, 0.15) is 252 Å². The Hall–Kier alpha value is -3.42. The maximum Gasteiger partial charge on any atom is 0.306 e. The maximum absolute atomic E-state index is 13.4. The Bertz CT molecular complexity index is 1630. The van der Waals surface area contributed by atoms with Crippen LogP contribution in [0.3, 0.4) is 0 Å². The molecule has 0 radical (unpaired) electrons. The van der Waals surface area contributed by atoms with Gasteiger partial charge in [-0.25, -0.2) is 0 Å². The van der Waals surface area contributed by atoms with Gasteiger partial charge in [-0.2, -0.15) is 0 Å². The molecule has 0 aromatic rings. The lowest BCUT2D eigenvalue weighted by Gasteiger charge is -2.41. The Labute approximate surface area is 475 Å². The van der Waals surface area contributed by atoms with E-state index in [1.165, 1.54) is 70.6 Å². The molecule has 11 heteroatoms. The van der Waals surface area contributed by atoms with E-state index in [0.29, 0.717) is 12.8 Å². The lowest BCUT2D eigenvalue weighted by molar-refractivity contribution is -0.305. The third-order valence-electron chi connectivity index (χ3n) is 14.2. The van der Waals surface area contributed by atoms with Crippen molar-refractivity contribution in [1.29, 1.82) is 0 Å². The Kier molecular flexibility index (Phi) is 50.4. The van der Waals surface area contributed by atoms with Gasteiger partial charge in [0.1, 0.15) is 24.4 Å². The number of amides is 1. The van der Waals surface area contributed by atoms with Crippen LogP contribution in [0.25, 0.3) is 0 Å². The van der Waals surface area contributed by atoms with Crippen LogP contribution in [0, 0.1) is 0 Å². The van der Waals surface area contributed by atoms with Gasteiger partial charge in [-0.1, -0.05) is 246 Å². The van der Waals surface area contributed by atoms with Crippen molar-refractivity contribution >= 4 is 11.9 Å². The van der Waals surface area contributed by atoms with E-state index in [-0.39, 0.29) is 19.4 Å². The smallest absolute Gasteiger partial charge is 0.306 e. The minimum atomic E-state index is -1.62. The molecule has 0 spiro atoms. The highest BCUT2D eigenvalue weighted by Gasteiger charge is 2.47. The fraction of sp³-hybridized carbons (Fsp3) is 0.731. The van der Waals surface area contributed by atoms with Gasteiger partial charge in [-0.15, -0.1) is 0 Å². The molecule has 0 aliphatic carbocycles. The first-order chi connectivity index (χ1) is 38.2. The summed E-state index contributed by atoms with van der Waals surface area (Å²) in [5.74, 6) is -1.22. The highest BCUT2D eigenvalue weighted by molar-refractivity contribution is 5.80. The third-order valence-corrected chi connectivity index (χ3v) is 14.2. The van der Waals surface area contributed by atoms with Crippen LogP contribution in [0.5, 0.6) is 0 Å². The first-order valence-corrected chi connectivity index (χ1v) is 31.5. The number of aliphatic hydroxyl groups is 5. The summed E-state index contributed by atoms with van der Waals surface area (Å²) in [6, 6.07) is -1.04. The number of hydrogen-bond acceptors (Lipinski definition) is 10. The molecule has 8 atom stereocenters. The van der Waals surface area contributed by atoms with Gasteiger partial charge < -0.3 is 45.1 Å². The Morgan fingerprint density at radius 2 is 0.962 bits per heavy atom. The first-order valence-electron chi connectivity index (χ1n) is 31.5. The van der Waals surface area contributed by atoms with Crippen LogP contribution in [-0.4, -0.2) is 99.6 Å². The number of nitrogens with one attached hydrogen (secondary N) is 1. The van der Waals surface area contributed by atoms with Crippen molar-refractivity contribution < 1.29 is 49.3 Å². The predicted molar refractivity (Wildman–Crippen MR) is 324 cm³/mol. The van der Waals surface area contributed by atoms with E-state index in [4.69, 9.17) is 14.2 Å². The topological polar surface area (TPSA) is 175 Å². The molecule has 1 aliphatic rings. The quantitative estimate of drug-likeness (QED) is 0.0149. The van der Waals surface area contributed by atoms with Gasteiger partial charge in [0.25, 0.3) is 0 Å².